The lowest BCUT2D eigenvalue weighted by atomic mass is 9.95. The molecule has 0 saturated heterocycles. The molecule has 1 aliphatic heterocycles. The van der Waals surface area contributed by atoms with Crippen LogP contribution in [0.3, 0.4) is 0 Å². The maximum atomic E-state index is 13.6. The smallest absolute Gasteiger partial charge is 0.304 e. The zero-order chi connectivity index (χ0) is 22.5. The van der Waals surface area contributed by atoms with Crippen LogP contribution in [0.15, 0.2) is 48.8 Å². The lowest BCUT2D eigenvalue weighted by Gasteiger charge is -2.19. The highest BCUT2D eigenvalue weighted by atomic mass is 19.1. The lowest BCUT2D eigenvalue weighted by Crippen LogP contribution is -2.15. The fourth-order valence-corrected chi connectivity index (χ4v) is 4.10. The number of pyridine rings is 1. The van der Waals surface area contributed by atoms with Crippen molar-refractivity contribution in [1.82, 2.24) is 14.8 Å². The van der Waals surface area contributed by atoms with Gasteiger partial charge in [0.1, 0.15) is 11.6 Å². The largest absolute Gasteiger partial charge is 0.481 e. The highest BCUT2D eigenvalue weighted by Crippen LogP contribution is 2.25. The molecule has 2 unspecified atom stereocenters. The molecule has 2 atom stereocenters. The molecule has 7 nitrogen and oxygen atoms in total. The zero-order valence-corrected chi connectivity index (χ0v) is 17.7. The molecule has 3 N–H and O–H groups in total. The van der Waals surface area contributed by atoms with Crippen molar-refractivity contribution < 1.29 is 19.4 Å². The fraction of sp³-hybridized carbons (Fsp3) is 0.375. The molecule has 1 aromatic carbocycles. The average Bonchev–Trinajstić information content (AvgIpc) is 3.23. The molecule has 2 aromatic heterocycles. The predicted octanol–water partition coefficient (Wildman–Crippen LogP) is 3.70. The van der Waals surface area contributed by atoms with E-state index in [1.807, 2.05) is 18.3 Å². The number of hydrogen-bond acceptors (Lipinski definition) is 5. The summed E-state index contributed by atoms with van der Waals surface area (Å²) in [6.07, 6.45) is 5.98. The molecule has 0 aliphatic carbocycles. The van der Waals surface area contributed by atoms with Gasteiger partial charge in [0.25, 0.3) is 0 Å². The molecule has 168 valence electrons. The summed E-state index contributed by atoms with van der Waals surface area (Å²) in [7, 11) is 0. The van der Waals surface area contributed by atoms with Gasteiger partial charge in [-0.3, -0.25) is 9.48 Å². The van der Waals surface area contributed by atoms with Gasteiger partial charge in [-0.1, -0.05) is 18.2 Å². The van der Waals surface area contributed by atoms with Gasteiger partial charge in [0.15, 0.2) is 0 Å². The molecular formula is C24H27FN4O3. The number of aliphatic hydroxyl groups is 1. The number of aliphatic hydroxyl groups excluding tert-OH is 1. The van der Waals surface area contributed by atoms with E-state index in [1.54, 1.807) is 23.0 Å². The SMILES string of the molecule is O=C(O)CC(Cn1cc(CCC(O)c2ccc3c(n2)NCCC3)cn1)c1cccc(F)c1. The summed E-state index contributed by atoms with van der Waals surface area (Å²) in [5.41, 5.74) is 3.40. The first kappa shape index (κ1) is 22.0. The van der Waals surface area contributed by atoms with E-state index in [4.69, 9.17) is 0 Å². The van der Waals surface area contributed by atoms with Gasteiger partial charge in [-0.15, -0.1) is 0 Å². The molecule has 32 heavy (non-hydrogen) atoms. The van der Waals surface area contributed by atoms with Crippen LogP contribution in [0.2, 0.25) is 0 Å². The van der Waals surface area contributed by atoms with Crippen LogP contribution in [-0.4, -0.2) is 37.5 Å². The fourth-order valence-electron chi connectivity index (χ4n) is 4.10. The number of benzene rings is 1. The Balaban J connectivity index is 1.38. The van der Waals surface area contributed by atoms with Crippen molar-refractivity contribution in [3.63, 3.8) is 0 Å². The van der Waals surface area contributed by atoms with Crippen molar-refractivity contribution in [2.75, 3.05) is 11.9 Å². The van der Waals surface area contributed by atoms with Crippen LogP contribution in [0, 0.1) is 5.82 Å². The number of aromatic nitrogens is 3. The third-order valence-corrected chi connectivity index (χ3v) is 5.80. The van der Waals surface area contributed by atoms with Gasteiger partial charge >= 0.3 is 5.97 Å². The first-order chi connectivity index (χ1) is 15.5. The second kappa shape index (κ2) is 9.91. The van der Waals surface area contributed by atoms with Gasteiger partial charge < -0.3 is 15.5 Å². The third-order valence-electron chi connectivity index (χ3n) is 5.80. The Kier molecular flexibility index (Phi) is 6.80. The summed E-state index contributed by atoms with van der Waals surface area (Å²) in [5.74, 6) is -0.864. The number of aryl methyl sites for hydroxylation is 2. The summed E-state index contributed by atoms with van der Waals surface area (Å²) in [6, 6.07) is 9.94. The first-order valence-corrected chi connectivity index (χ1v) is 10.9. The molecule has 0 spiro atoms. The van der Waals surface area contributed by atoms with Crippen molar-refractivity contribution in [3.05, 3.63) is 77.0 Å². The summed E-state index contributed by atoms with van der Waals surface area (Å²) >= 11 is 0. The quantitative estimate of drug-likeness (QED) is 0.471. The monoisotopic (exact) mass is 438 g/mol. The summed E-state index contributed by atoms with van der Waals surface area (Å²) in [5, 5.41) is 27.5. The second-order valence-electron chi connectivity index (χ2n) is 8.25. The van der Waals surface area contributed by atoms with Crippen molar-refractivity contribution in [1.29, 1.82) is 0 Å². The lowest BCUT2D eigenvalue weighted by molar-refractivity contribution is -0.137. The highest BCUT2D eigenvalue weighted by molar-refractivity contribution is 5.68. The summed E-state index contributed by atoms with van der Waals surface area (Å²) < 4.78 is 15.3. The van der Waals surface area contributed by atoms with Crippen molar-refractivity contribution in [2.24, 2.45) is 0 Å². The number of nitrogens with zero attached hydrogens (tertiary/aromatic N) is 3. The topological polar surface area (TPSA) is 100 Å². The van der Waals surface area contributed by atoms with Crippen LogP contribution >= 0.6 is 0 Å². The molecule has 8 heteroatoms. The van der Waals surface area contributed by atoms with Crippen LogP contribution in [-0.2, 0) is 24.2 Å². The molecule has 0 amide bonds. The number of fused-ring (bicyclic) bond motifs is 1. The molecular weight excluding hydrogens is 411 g/mol. The number of nitrogens with one attached hydrogen (secondary N) is 1. The number of aliphatic carboxylic acids is 1. The van der Waals surface area contributed by atoms with Crippen molar-refractivity contribution in [2.45, 2.75) is 50.7 Å². The van der Waals surface area contributed by atoms with Gasteiger partial charge in [-0.2, -0.15) is 5.10 Å². The Morgan fingerprint density at radius 2 is 2.16 bits per heavy atom. The number of carbonyl (C=O) groups is 1. The van der Waals surface area contributed by atoms with Crippen LogP contribution in [0.5, 0.6) is 0 Å². The number of halogens is 1. The van der Waals surface area contributed by atoms with Crippen molar-refractivity contribution >= 4 is 11.8 Å². The maximum absolute atomic E-state index is 13.6. The third kappa shape index (κ3) is 5.50. The first-order valence-electron chi connectivity index (χ1n) is 10.9. The van der Waals surface area contributed by atoms with E-state index in [0.29, 0.717) is 30.6 Å². The molecule has 3 heterocycles. The summed E-state index contributed by atoms with van der Waals surface area (Å²) in [4.78, 5) is 15.9. The molecule has 0 fully saturated rings. The van der Waals surface area contributed by atoms with Gasteiger partial charge in [-0.05, 0) is 60.6 Å². The normalized spacial score (nSPS) is 14.9. The minimum absolute atomic E-state index is 0.116. The van der Waals surface area contributed by atoms with E-state index in [0.717, 1.165) is 30.8 Å². The Morgan fingerprint density at radius 3 is 2.97 bits per heavy atom. The van der Waals surface area contributed by atoms with Crippen molar-refractivity contribution in [3.8, 4) is 0 Å². The average molecular weight is 439 g/mol. The van der Waals surface area contributed by atoms with E-state index >= 15 is 0 Å². The van der Waals surface area contributed by atoms with E-state index in [1.165, 1.54) is 17.7 Å². The Bertz CT molecular complexity index is 1080. The number of carboxylic acid groups (broad SMARTS) is 1. The van der Waals surface area contributed by atoms with Gasteiger partial charge in [-0.25, -0.2) is 9.37 Å². The molecule has 0 bridgehead atoms. The van der Waals surface area contributed by atoms with E-state index in [2.05, 4.69) is 15.4 Å². The molecule has 4 rings (SSSR count). The minimum atomic E-state index is -0.943. The Morgan fingerprint density at radius 1 is 1.28 bits per heavy atom. The zero-order valence-electron chi connectivity index (χ0n) is 17.7. The number of rotatable bonds is 9. The van der Waals surface area contributed by atoms with Gasteiger partial charge in [0, 0.05) is 25.2 Å². The molecule has 0 radical (unpaired) electrons. The predicted molar refractivity (Wildman–Crippen MR) is 118 cm³/mol. The Labute approximate surface area is 185 Å². The highest BCUT2D eigenvalue weighted by Gasteiger charge is 2.19. The minimum Gasteiger partial charge on any atom is -0.481 e. The Hall–Kier alpha value is -3.26. The van der Waals surface area contributed by atoms with Gasteiger partial charge in [0.2, 0.25) is 0 Å². The van der Waals surface area contributed by atoms with Gasteiger partial charge in [0.05, 0.1) is 24.4 Å². The van der Waals surface area contributed by atoms with Crippen LogP contribution in [0.1, 0.15) is 53.7 Å². The maximum Gasteiger partial charge on any atom is 0.304 e. The molecule has 0 saturated carbocycles. The standard InChI is InChI=1S/C24H27FN4O3/c25-20-5-1-3-18(11-20)19(12-23(31)32)15-29-14-16(13-27-29)6-9-22(30)21-8-7-17-4-2-10-26-24(17)28-21/h1,3,5,7-8,11,13-14,19,22,30H,2,4,6,9-10,12,15H2,(H,26,28)(H,31,32). The van der Waals surface area contributed by atoms with Crippen LogP contribution in [0.4, 0.5) is 10.2 Å². The number of carboxylic acids is 1. The number of anilines is 1. The van der Waals surface area contributed by atoms with E-state index in [9.17, 15) is 19.4 Å². The van der Waals surface area contributed by atoms with Crippen LogP contribution in [0.25, 0.3) is 0 Å². The van der Waals surface area contributed by atoms with Crippen LogP contribution < -0.4 is 5.32 Å². The second-order valence-corrected chi connectivity index (χ2v) is 8.25. The molecule has 3 aromatic rings. The van der Waals surface area contributed by atoms with E-state index < -0.39 is 18.0 Å². The van der Waals surface area contributed by atoms with E-state index in [-0.39, 0.29) is 12.2 Å². The summed E-state index contributed by atoms with van der Waals surface area (Å²) in [6.45, 7) is 1.23. The molecule has 1 aliphatic rings. The number of hydrogen-bond donors (Lipinski definition) is 3.